The first-order valence-electron chi connectivity index (χ1n) is 5.40. The van der Waals surface area contributed by atoms with E-state index in [1.54, 1.807) is 0 Å². The van der Waals surface area contributed by atoms with E-state index in [1.807, 2.05) is 0 Å². The summed E-state index contributed by atoms with van der Waals surface area (Å²) in [6.07, 6.45) is 1.30. The minimum atomic E-state index is 0.738. The van der Waals surface area contributed by atoms with E-state index in [2.05, 4.69) is 48.5 Å². The van der Waals surface area contributed by atoms with E-state index < -0.39 is 0 Å². The Morgan fingerprint density at radius 2 is 1.92 bits per heavy atom. The fraction of sp³-hybridized carbons (Fsp3) is 1.00. The van der Waals surface area contributed by atoms with Gasteiger partial charge < -0.3 is 4.90 Å². The van der Waals surface area contributed by atoms with E-state index in [1.165, 1.54) is 19.5 Å². The van der Waals surface area contributed by atoms with Gasteiger partial charge in [0.05, 0.1) is 0 Å². The largest absolute Gasteiger partial charge is 0.300 e. The van der Waals surface area contributed by atoms with Crippen molar-refractivity contribution in [2.24, 2.45) is 11.8 Å². The number of alkyl halides is 1. The van der Waals surface area contributed by atoms with Crippen molar-refractivity contribution >= 4 is 15.9 Å². The lowest BCUT2D eigenvalue weighted by molar-refractivity contribution is 0.116. The molecule has 13 heavy (non-hydrogen) atoms. The molecular weight excluding hydrogens is 226 g/mol. The van der Waals surface area contributed by atoms with Gasteiger partial charge in [0.1, 0.15) is 0 Å². The van der Waals surface area contributed by atoms with Gasteiger partial charge in [-0.05, 0) is 31.7 Å². The van der Waals surface area contributed by atoms with Crippen LogP contribution in [0.15, 0.2) is 0 Å². The lowest BCUT2D eigenvalue weighted by Gasteiger charge is -2.39. The Balaban J connectivity index is 2.45. The minimum Gasteiger partial charge on any atom is -0.300 e. The fourth-order valence-corrected chi connectivity index (χ4v) is 2.31. The summed E-state index contributed by atoms with van der Waals surface area (Å²) in [5, 5.41) is 0. The van der Waals surface area contributed by atoms with Crippen LogP contribution >= 0.6 is 15.9 Å². The first-order valence-corrected chi connectivity index (χ1v) is 6.32. The highest BCUT2D eigenvalue weighted by Crippen LogP contribution is 2.26. The van der Waals surface area contributed by atoms with Gasteiger partial charge in [0, 0.05) is 17.4 Å². The molecule has 0 amide bonds. The van der Waals surface area contributed by atoms with Crippen LogP contribution in [0.2, 0.25) is 0 Å². The number of hydrogen-bond acceptors (Lipinski definition) is 1. The number of hydrogen-bond donors (Lipinski definition) is 0. The maximum absolute atomic E-state index is 3.74. The molecule has 0 N–H and O–H groups in total. The predicted molar refractivity (Wildman–Crippen MR) is 62.4 cm³/mol. The van der Waals surface area contributed by atoms with Crippen molar-refractivity contribution in [3.8, 4) is 0 Å². The average molecular weight is 248 g/mol. The number of halogens is 1. The summed E-state index contributed by atoms with van der Waals surface area (Å²) in [6, 6.07) is 0.738. The van der Waals surface area contributed by atoms with E-state index in [9.17, 15) is 0 Å². The van der Waals surface area contributed by atoms with Crippen molar-refractivity contribution in [2.45, 2.75) is 45.0 Å². The summed E-state index contributed by atoms with van der Waals surface area (Å²) in [7, 11) is 0. The van der Waals surface area contributed by atoms with Crippen molar-refractivity contribution in [3.05, 3.63) is 0 Å². The summed E-state index contributed by atoms with van der Waals surface area (Å²) in [4.78, 5) is 3.37. The van der Waals surface area contributed by atoms with Crippen molar-refractivity contribution in [2.75, 3.05) is 13.1 Å². The van der Waals surface area contributed by atoms with Gasteiger partial charge >= 0.3 is 0 Å². The second kappa shape index (κ2) is 4.79. The van der Waals surface area contributed by atoms with Gasteiger partial charge in [-0.2, -0.15) is 0 Å². The summed E-state index contributed by atoms with van der Waals surface area (Å²) in [5.74, 6) is 1.58. The van der Waals surface area contributed by atoms with Gasteiger partial charge in [0.2, 0.25) is 0 Å². The van der Waals surface area contributed by atoms with Gasteiger partial charge in [-0.1, -0.05) is 36.7 Å². The molecule has 0 aromatic rings. The highest BCUT2D eigenvalue weighted by molar-refractivity contribution is 9.09. The number of nitrogens with zero attached hydrogens (tertiary/aromatic N) is 1. The Hall–Kier alpha value is 0.440. The van der Waals surface area contributed by atoms with E-state index >= 15 is 0 Å². The first kappa shape index (κ1) is 11.5. The first-order chi connectivity index (χ1) is 6.02. The summed E-state index contributed by atoms with van der Waals surface area (Å²) >= 11 is 3.74. The predicted octanol–water partition coefficient (Wildman–Crippen LogP) is 3.14. The molecule has 78 valence electrons. The third kappa shape index (κ3) is 2.95. The zero-order valence-electron chi connectivity index (χ0n) is 9.26. The molecule has 1 aliphatic rings. The summed E-state index contributed by atoms with van der Waals surface area (Å²) in [6.45, 7) is 11.9. The molecule has 1 fully saturated rings. The van der Waals surface area contributed by atoms with Gasteiger partial charge in [-0.3, -0.25) is 0 Å². The molecule has 0 aromatic heterocycles. The van der Waals surface area contributed by atoms with Gasteiger partial charge in [-0.25, -0.2) is 0 Å². The smallest absolute Gasteiger partial charge is 0.0195 e. The fourth-order valence-electron chi connectivity index (χ4n) is 1.94. The van der Waals surface area contributed by atoms with Crippen LogP contribution in [0.5, 0.6) is 0 Å². The molecule has 0 radical (unpaired) electrons. The Bertz CT molecular complexity index is 158. The quantitative estimate of drug-likeness (QED) is 0.678. The SMILES string of the molecule is CC(C)C(C)N1CCC(Br)C(C)C1. The highest BCUT2D eigenvalue weighted by atomic mass is 79.9. The third-order valence-corrected chi connectivity index (χ3v) is 4.73. The van der Waals surface area contributed by atoms with E-state index in [0.29, 0.717) is 0 Å². The summed E-state index contributed by atoms with van der Waals surface area (Å²) < 4.78 is 0. The molecule has 1 heterocycles. The second-order valence-electron chi connectivity index (χ2n) is 4.76. The monoisotopic (exact) mass is 247 g/mol. The van der Waals surface area contributed by atoms with Crippen LogP contribution in [0.3, 0.4) is 0 Å². The van der Waals surface area contributed by atoms with E-state index in [4.69, 9.17) is 0 Å². The maximum Gasteiger partial charge on any atom is 0.0195 e. The maximum atomic E-state index is 3.74. The zero-order chi connectivity index (χ0) is 10.0. The van der Waals surface area contributed by atoms with Gasteiger partial charge in [0.25, 0.3) is 0 Å². The third-order valence-electron chi connectivity index (χ3n) is 3.37. The van der Waals surface area contributed by atoms with Gasteiger partial charge in [0.15, 0.2) is 0 Å². The molecule has 1 saturated heterocycles. The number of likely N-dealkylation sites (tertiary alicyclic amines) is 1. The van der Waals surface area contributed by atoms with Crippen LogP contribution in [0.4, 0.5) is 0 Å². The van der Waals surface area contributed by atoms with Crippen molar-refractivity contribution in [1.29, 1.82) is 0 Å². The lowest BCUT2D eigenvalue weighted by Crippen LogP contribution is -2.46. The van der Waals surface area contributed by atoms with Crippen LogP contribution in [0, 0.1) is 11.8 Å². The van der Waals surface area contributed by atoms with Crippen LogP contribution in [-0.2, 0) is 0 Å². The zero-order valence-corrected chi connectivity index (χ0v) is 10.8. The molecule has 1 nitrogen and oxygen atoms in total. The molecular formula is C11H22BrN. The van der Waals surface area contributed by atoms with Crippen molar-refractivity contribution in [3.63, 3.8) is 0 Å². The number of rotatable bonds is 2. The Morgan fingerprint density at radius 3 is 2.38 bits per heavy atom. The van der Waals surface area contributed by atoms with Crippen LogP contribution in [-0.4, -0.2) is 28.9 Å². The standard InChI is InChI=1S/C11H22BrN/c1-8(2)10(4)13-6-5-11(12)9(3)7-13/h8-11H,5-7H2,1-4H3. The lowest BCUT2D eigenvalue weighted by atomic mass is 9.95. The van der Waals surface area contributed by atoms with E-state index in [-0.39, 0.29) is 0 Å². The second-order valence-corrected chi connectivity index (χ2v) is 5.94. The molecule has 3 unspecified atom stereocenters. The Kier molecular flexibility index (Phi) is 4.24. The molecule has 0 aromatic carbocycles. The Labute approximate surface area is 91.0 Å². The van der Waals surface area contributed by atoms with Crippen LogP contribution in [0.25, 0.3) is 0 Å². The molecule has 0 spiro atoms. The minimum absolute atomic E-state index is 0.738. The van der Waals surface area contributed by atoms with Crippen molar-refractivity contribution < 1.29 is 0 Å². The molecule has 1 rings (SSSR count). The van der Waals surface area contributed by atoms with Crippen LogP contribution < -0.4 is 0 Å². The molecule has 0 bridgehead atoms. The van der Waals surface area contributed by atoms with Crippen LogP contribution in [0.1, 0.15) is 34.1 Å². The van der Waals surface area contributed by atoms with Crippen molar-refractivity contribution in [1.82, 2.24) is 4.90 Å². The molecule has 0 aliphatic carbocycles. The number of piperidine rings is 1. The average Bonchev–Trinajstić information content (AvgIpc) is 2.08. The normalized spacial score (nSPS) is 33.7. The Morgan fingerprint density at radius 1 is 1.31 bits per heavy atom. The molecule has 1 aliphatic heterocycles. The molecule has 2 heteroatoms. The van der Waals surface area contributed by atoms with Gasteiger partial charge in [-0.15, -0.1) is 0 Å². The van der Waals surface area contributed by atoms with E-state index in [0.717, 1.165) is 22.7 Å². The molecule has 0 saturated carbocycles. The molecule has 3 atom stereocenters. The highest BCUT2D eigenvalue weighted by Gasteiger charge is 2.27. The summed E-state index contributed by atoms with van der Waals surface area (Å²) in [5.41, 5.74) is 0. The topological polar surface area (TPSA) is 3.24 Å².